The van der Waals surface area contributed by atoms with Gasteiger partial charge in [-0.15, -0.1) is 0 Å². The van der Waals surface area contributed by atoms with Crippen molar-refractivity contribution < 1.29 is 4.74 Å². The van der Waals surface area contributed by atoms with Crippen molar-refractivity contribution in [1.29, 1.82) is 0 Å². The summed E-state index contributed by atoms with van der Waals surface area (Å²) in [6.07, 6.45) is 4.74. The molecule has 23 heavy (non-hydrogen) atoms. The predicted molar refractivity (Wildman–Crippen MR) is 93.4 cm³/mol. The molecule has 0 radical (unpaired) electrons. The Morgan fingerprint density at radius 1 is 1.30 bits per heavy atom. The summed E-state index contributed by atoms with van der Waals surface area (Å²) in [4.78, 5) is 2.45. The largest absolute Gasteiger partial charge is 0.377 e. The Kier molecular flexibility index (Phi) is 5.13. The van der Waals surface area contributed by atoms with Crippen LogP contribution in [-0.4, -0.2) is 40.9 Å². The molecule has 0 amide bonds. The Balaban J connectivity index is 1.75. The molecule has 1 aromatic heterocycles. The van der Waals surface area contributed by atoms with Crippen molar-refractivity contribution in [2.45, 2.75) is 46.3 Å². The highest BCUT2D eigenvalue weighted by atomic mass is 16.5. The van der Waals surface area contributed by atoms with Crippen LogP contribution < -0.4 is 0 Å². The van der Waals surface area contributed by atoms with Gasteiger partial charge in [-0.25, -0.2) is 0 Å². The molecule has 1 aliphatic heterocycles. The van der Waals surface area contributed by atoms with Crippen molar-refractivity contribution in [3.05, 3.63) is 41.1 Å². The number of likely N-dealkylation sites (N-methyl/N-ethyl adjacent to an activating group) is 1. The molecule has 2 aromatic rings. The van der Waals surface area contributed by atoms with Crippen LogP contribution in [0, 0.1) is 13.8 Å². The number of hydrogen-bond donors (Lipinski definition) is 1. The van der Waals surface area contributed by atoms with Gasteiger partial charge >= 0.3 is 0 Å². The molecule has 0 saturated carbocycles. The maximum atomic E-state index is 5.78. The fourth-order valence-corrected chi connectivity index (χ4v) is 3.20. The Labute approximate surface area is 138 Å². The maximum Gasteiger partial charge on any atom is 0.0702 e. The van der Waals surface area contributed by atoms with Crippen molar-refractivity contribution in [2.75, 3.05) is 19.7 Å². The van der Waals surface area contributed by atoms with Crippen LogP contribution in [0.1, 0.15) is 36.5 Å². The van der Waals surface area contributed by atoms with E-state index in [4.69, 9.17) is 4.74 Å². The molecule has 0 spiro atoms. The summed E-state index contributed by atoms with van der Waals surface area (Å²) in [5, 5.41) is 7.47. The lowest BCUT2D eigenvalue weighted by Gasteiger charge is -2.23. The first-order chi connectivity index (χ1) is 11.2. The maximum absolute atomic E-state index is 5.78. The third-order valence-corrected chi connectivity index (χ3v) is 4.84. The van der Waals surface area contributed by atoms with Gasteiger partial charge < -0.3 is 4.74 Å². The van der Waals surface area contributed by atoms with Gasteiger partial charge in [0.05, 0.1) is 18.0 Å². The van der Waals surface area contributed by atoms with E-state index < -0.39 is 0 Å². The number of aryl methyl sites for hydroxylation is 2. The number of benzene rings is 1. The number of aromatic nitrogens is 2. The molecular formula is C19H27N3O. The number of nitrogens with zero attached hydrogens (tertiary/aromatic N) is 2. The topological polar surface area (TPSA) is 41.2 Å². The first kappa shape index (κ1) is 16.2. The average molecular weight is 313 g/mol. The van der Waals surface area contributed by atoms with E-state index in [2.05, 4.69) is 54.1 Å². The minimum absolute atomic E-state index is 0.395. The van der Waals surface area contributed by atoms with E-state index in [1.165, 1.54) is 35.1 Å². The van der Waals surface area contributed by atoms with Gasteiger partial charge in [-0.2, -0.15) is 5.10 Å². The van der Waals surface area contributed by atoms with E-state index in [0.717, 1.165) is 31.9 Å². The van der Waals surface area contributed by atoms with E-state index in [0.29, 0.717) is 6.10 Å². The normalized spacial score (nSPS) is 18.0. The lowest BCUT2D eigenvalue weighted by atomic mass is 10.0. The van der Waals surface area contributed by atoms with E-state index >= 15 is 0 Å². The molecule has 0 bridgehead atoms. The summed E-state index contributed by atoms with van der Waals surface area (Å²) >= 11 is 0. The monoisotopic (exact) mass is 313 g/mol. The molecule has 4 heteroatoms. The zero-order valence-corrected chi connectivity index (χ0v) is 14.4. The number of H-pyrrole nitrogens is 1. The van der Waals surface area contributed by atoms with E-state index in [1.54, 1.807) is 0 Å². The quantitative estimate of drug-likeness (QED) is 0.884. The zero-order chi connectivity index (χ0) is 16.2. The number of rotatable bonds is 6. The Hall–Kier alpha value is -1.65. The molecule has 124 valence electrons. The highest BCUT2D eigenvalue weighted by Crippen LogP contribution is 2.25. The van der Waals surface area contributed by atoms with Gasteiger partial charge in [0.15, 0.2) is 0 Å². The highest BCUT2D eigenvalue weighted by Gasteiger charge is 2.20. The molecule has 1 fully saturated rings. The second kappa shape index (κ2) is 7.28. The second-order valence-electron chi connectivity index (χ2n) is 6.53. The first-order valence-corrected chi connectivity index (χ1v) is 8.61. The molecule has 0 aliphatic carbocycles. The third-order valence-electron chi connectivity index (χ3n) is 4.84. The summed E-state index contributed by atoms with van der Waals surface area (Å²) in [5.41, 5.74) is 6.25. The van der Waals surface area contributed by atoms with Gasteiger partial charge in [-0.05, 0) is 50.4 Å². The summed E-state index contributed by atoms with van der Waals surface area (Å²) in [6, 6.07) is 6.59. The SMILES string of the molecule is CCN(Cc1cn[nH]c1-c1ccc(C)c(C)c1)CC1CCCO1. The zero-order valence-electron chi connectivity index (χ0n) is 14.4. The van der Waals surface area contributed by atoms with Gasteiger partial charge in [0.25, 0.3) is 0 Å². The minimum Gasteiger partial charge on any atom is -0.377 e. The number of nitrogens with one attached hydrogen (secondary N) is 1. The van der Waals surface area contributed by atoms with Crippen molar-refractivity contribution in [3.8, 4) is 11.3 Å². The summed E-state index contributed by atoms with van der Waals surface area (Å²) < 4.78 is 5.78. The lowest BCUT2D eigenvalue weighted by molar-refractivity contribution is 0.0725. The van der Waals surface area contributed by atoms with Gasteiger partial charge in [-0.1, -0.05) is 19.1 Å². The van der Waals surface area contributed by atoms with Crippen molar-refractivity contribution >= 4 is 0 Å². The van der Waals surface area contributed by atoms with E-state index in [9.17, 15) is 0 Å². The van der Waals surface area contributed by atoms with Crippen LogP contribution in [0.4, 0.5) is 0 Å². The Morgan fingerprint density at radius 3 is 2.87 bits per heavy atom. The van der Waals surface area contributed by atoms with Crippen LogP contribution >= 0.6 is 0 Å². The minimum atomic E-state index is 0.395. The first-order valence-electron chi connectivity index (χ1n) is 8.61. The van der Waals surface area contributed by atoms with Gasteiger partial charge in [0.1, 0.15) is 0 Å². The van der Waals surface area contributed by atoms with Crippen LogP contribution in [0.3, 0.4) is 0 Å². The smallest absolute Gasteiger partial charge is 0.0702 e. The van der Waals surface area contributed by atoms with E-state index in [-0.39, 0.29) is 0 Å². The number of aromatic amines is 1. The van der Waals surface area contributed by atoms with Crippen molar-refractivity contribution in [1.82, 2.24) is 15.1 Å². The van der Waals surface area contributed by atoms with Gasteiger partial charge in [-0.3, -0.25) is 10.00 Å². The number of ether oxygens (including phenoxy) is 1. The standard InChI is InChI=1S/C19H27N3O/c1-4-22(13-18-6-5-9-23-18)12-17-11-20-21-19(17)16-8-7-14(2)15(3)10-16/h7-8,10-11,18H,4-6,9,12-13H2,1-3H3,(H,20,21). The molecule has 3 rings (SSSR count). The van der Waals surface area contributed by atoms with Crippen LogP contribution in [0.25, 0.3) is 11.3 Å². The van der Waals surface area contributed by atoms with Crippen LogP contribution in [0.5, 0.6) is 0 Å². The molecule has 1 aromatic carbocycles. The van der Waals surface area contributed by atoms with Gasteiger partial charge in [0.2, 0.25) is 0 Å². The molecule has 1 N–H and O–H groups in total. The predicted octanol–water partition coefficient (Wildman–Crippen LogP) is 3.69. The Bertz CT molecular complexity index is 644. The lowest BCUT2D eigenvalue weighted by Crippen LogP contribution is -2.31. The van der Waals surface area contributed by atoms with Crippen LogP contribution in [0.15, 0.2) is 24.4 Å². The summed E-state index contributed by atoms with van der Waals surface area (Å²) in [5.74, 6) is 0. The fourth-order valence-electron chi connectivity index (χ4n) is 3.20. The van der Waals surface area contributed by atoms with Crippen molar-refractivity contribution in [3.63, 3.8) is 0 Å². The third kappa shape index (κ3) is 3.82. The van der Waals surface area contributed by atoms with E-state index in [1.807, 2.05) is 6.20 Å². The van der Waals surface area contributed by atoms with Gasteiger partial charge in [0, 0.05) is 30.8 Å². The number of hydrogen-bond acceptors (Lipinski definition) is 3. The fraction of sp³-hybridized carbons (Fsp3) is 0.526. The molecule has 1 unspecified atom stereocenters. The molecule has 1 atom stereocenters. The average Bonchev–Trinajstić information content (AvgIpc) is 3.21. The highest BCUT2D eigenvalue weighted by molar-refractivity contribution is 5.64. The second-order valence-corrected chi connectivity index (χ2v) is 6.53. The summed E-state index contributed by atoms with van der Waals surface area (Å²) in [7, 11) is 0. The Morgan fingerprint density at radius 2 is 2.17 bits per heavy atom. The molecular weight excluding hydrogens is 286 g/mol. The molecule has 1 saturated heterocycles. The molecule has 4 nitrogen and oxygen atoms in total. The van der Waals surface area contributed by atoms with Crippen LogP contribution in [0.2, 0.25) is 0 Å². The summed E-state index contributed by atoms with van der Waals surface area (Å²) in [6.45, 7) is 10.4. The molecule has 2 heterocycles. The molecule has 1 aliphatic rings. The van der Waals surface area contributed by atoms with Crippen LogP contribution in [-0.2, 0) is 11.3 Å². The van der Waals surface area contributed by atoms with Crippen molar-refractivity contribution in [2.24, 2.45) is 0 Å².